The van der Waals surface area contributed by atoms with E-state index in [1.165, 1.54) is 5.56 Å². The standard InChI is InChI=1S/C11H13N3O/c15-11-2-1-6-13-14(11)9-5-10-3-7-12-8-4-10/h3-4,6-8H,1-2,5,9H2. The minimum absolute atomic E-state index is 0.117. The normalized spacial score (nSPS) is 15.7. The number of aromatic nitrogens is 1. The third kappa shape index (κ3) is 2.62. The van der Waals surface area contributed by atoms with E-state index in [0.29, 0.717) is 13.0 Å². The Morgan fingerprint density at radius 1 is 1.33 bits per heavy atom. The van der Waals surface area contributed by atoms with E-state index >= 15 is 0 Å². The van der Waals surface area contributed by atoms with Gasteiger partial charge in [-0.3, -0.25) is 9.78 Å². The van der Waals surface area contributed by atoms with Gasteiger partial charge in [0.2, 0.25) is 5.91 Å². The molecule has 4 nitrogen and oxygen atoms in total. The lowest BCUT2D eigenvalue weighted by Gasteiger charge is -2.19. The van der Waals surface area contributed by atoms with Crippen LogP contribution in [0.25, 0.3) is 0 Å². The zero-order valence-electron chi connectivity index (χ0n) is 8.47. The highest BCUT2D eigenvalue weighted by Crippen LogP contribution is 2.06. The molecule has 1 aliphatic heterocycles. The maximum absolute atomic E-state index is 11.4. The highest BCUT2D eigenvalue weighted by atomic mass is 16.2. The summed E-state index contributed by atoms with van der Waals surface area (Å²) >= 11 is 0. The highest BCUT2D eigenvalue weighted by molar-refractivity contribution is 5.82. The Hall–Kier alpha value is -1.71. The summed E-state index contributed by atoms with van der Waals surface area (Å²) < 4.78 is 0. The first-order valence-corrected chi connectivity index (χ1v) is 5.08. The minimum atomic E-state index is 0.117. The summed E-state index contributed by atoms with van der Waals surface area (Å²) in [4.78, 5) is 15.4. The third-order valence-electron chi connectivity index (χ3n) is 2.36. The van der Waals surface area contributed by atoms with Gasteiger partial charge in [0.1, 0.15) is 0 Å². The quantitative estimate of drug-likeness (QED) is 0.741. The van der Waals surface area contributed by atoms with Crippen molar-refractivity contribution >= 4 is 12.1 Å². The molecule has 2 heterocycles. The van der Waals surface area contributed by atoms with Gasteiger partial charge in [0.15, 0.2) is 0 Å². The number of nitrogens with zero attached hydrogens (tertiary/aromatic N) is 3. The second-order valence-electron chi connectivity index (χ2n) is 3.46. The number of hydrogen-bond acceptors (Lipinski definition) is 3. The molecule has 1 aliphatic rings. The molecular formula is C11H13N3O. The fourth-order valence-electron chi connectivity index (χ4n) is 1.50. The molecule has 0 fully saturated rings. The molecule has 15 heavy (non-hydrogen) atoms. The monoisotopic (exact) mass is 203 g/mol. The first kappa shape index (κ1) is 9.83. The Labute approximate surface area is 88.6 Å². The zero-order valence-corrected chi connectivity index (χ0v) is 8.47. The van der Waals surface area contributed by atoms with Crippen LogP contribution in [-0.2, 0) is 11.2 Å². The van der Waals surface area contributed by atoms with Crippen LogP contribution in [0.2, 0.25) is 0 Å². The molecule has 78 valence electrons. The zero-order chi connectivity index (χ0) is 10.5. The smallest absolute Gasteiger partial charge is 0.243 e. The Morgan fingerprint density at radius 3 is 2.87 bits per heavy atom. The van der Waals surface area contributed by atoms with Gasteiger partial charge in [-0.15, -0.1) is 0 Å². The molecule has 0 saturated heterocycles. The average Bonchev–Trinajstić information content (AvgIpc) is 2.29. The minimum Gasteiger partial charge on any atom is -0.273 e. The Kier molecular flexibility index (Phi) is 3.07. The second-order valence-corrected chi connectivity index (χ2v) is 3.46. The summed E-state index contributed by atoms with van der Waals surface area (Å²) in [5.41, 5.74) is 1.18. The van der Waals surface area contributed by atoms with E-state index in [4.69, 9.17) is 0 Å². The molecule has 1 aromatic rings. The topological polar surface area (TPSA) is 45.6 Å². The maximum atomic E-state index is 11.4. The summed E-state index contributed by atoms with van der Waals surface area (Å²) in [5, 5.41) is 5.61. The summed E-state index contributed by atoms with van der Waals surface area (Å²) in [6.07, 6.45) is 7.50. The molecule has 0 N–H and O–H groups in total. The molecule has 0 spiro atoms. The molecule has 0 saturated carbocycles. The van der Waals surface area contributed by atoms with Crippen LogP contribution in [0.15, 0.2) is 29.6 Å². The van der Waals surface area contributed by atoms with Crippen LogP contribution in [0.3, 0.4) is 0 Å². The van der Waals surface area contributed by atoms with E-state index in [9.17, 15) is 4.79 Å². The first-order valence-electron chi connectivity index (χ1n) is 5.08. The molecular weight excluding hydrogens is 190 g/mol. The third-order valence-corrected chi connectivity index (χ3v) is 2.36. The molecule has 1 aromatic heterocycles. The van der Waals surface area contributed by atoms with Crippen LogP contribution in [0, 0.1) is 0 Å². The summed E-state index contributed by atoms with van der Waals surface area (Å²) in [6.45, 7) is 0.652. The fraction of sp³-hybridized carbons (Fsp3) is 0.364. The number of carbonyl (C=O) groups excluding carboxylic acids is 1. The van der Waals surface area contributed by atoms with Gasteiger partial charge in [0.05, 0.1) is 0 Å². The van der Waals surface area contributed by atoms with Gasteiger partial charge < -0.3 is 0 Å². The molecule has 0 atom stereocenters. The lowest BCUT2D eigenvalue weighted by Crippen LogP contribution is -2.30. The number of hydrazone groups is 1. The predicted molar refractivity (Wildman–Crippen MR) is 57.4 cm³/mol. The van der Waals surface area contributed by atoms with Gasteiger partial charge in [-0.1, -0.05) is 0 Å². The van der Waals surface area contributed by atoms with E-state index < -0.39 is 0 Å². The van der Waals surface area contributed by atoms with Gasteiger partial charge in [-0.2, -0.15) is 5.10 Å². The Morgan fingerprint density at radius 2 is 2.13 bits per heavy atom. The van der Waals surface area contributed by atoms with Gasteiger partial charge in [-0.05, 0) is 30.5 Å². The lowest BCUT2D eigenvalue weighted by molar-refractivity contribution is -0.131. The van der Waals surface area contributed by atoms with Gasteiger partial charge in [0.25, 0.3) is 0 Å². The average molecular weight is 203 g/mol. The van der Waals surface area contributed by atoms with Crippen LogP contribution in [-0.4, -0.2) is 28.7 Å². The summed E-state index contributed by atoms with van der Waals surface area (Å²) in [5.74, 6) is 0.117. The van der Waals surface area contributed by atoms with Crippen molar-refractivity contribution in [3.05, 3.63) is 30.1 Å². The molecule has 2 rings (SSSR count). The first-order chi connectivity index (χ1) is 7.36. The SMILES string of the molecule is O=C1CCC=NN1CCc1ccncc1. The van der Waals surface area contributed by atoms with E-state index in [-0.39, 0.29) is 5.91 Å². The number of hydrogen-bond donors (Lipinski definition) is 0. The Bertz CT molecular complexity index is 361. The van der Waals surface area contributed by atoms with Crippen molar-refractivity contribution in [2.24, 2.45) is 5.10 Å². The maximum Gasteiger partial charge on any atom is 0.243 e. The molecule has 0 aromatic carbocycles. The molecule has 0 unspecified atom stereocenters. The van der Waals surface area contributed by atoms with Crippen molar-refractivity contribution in [3.8, 4) is 0 Å². The second kappa shape index (κ2) is 4.68. The largest absolute Gasteiger partial charge is 0.273 e. The van der Waals surface area contributed by atoms with Crippen LogP contribution < -0.4 is 0 Å². The highest BCUT2D eigenvalue weighted by Gasteiger charge is 2.14. The van der Waals surface area contributed by atoms with Gasteiger partial charge in [-0.25, -0.2) is 5.01 Å². The van der Waals surface area contributed by atoms with Crippen LogP contribution >= 0.6 is 0 Å². The van der Waals surface area contributed by atoms with Crippen LogP contribution in [0.1, 0.15) is 18.4 Å². The van der Waals surface area contributed by atoms with Crippen molar-refractivity contribution in [1.29, 1.82) is 0 Å². The van der Waals surface area contributed by atoms with Crippen molar-refractivity contribution in [1.82, 2.24) is 9.99 Å². The van der Waals surface area contributed by atoms with E-state index in [2.05, 4.69) is 10.1 Å². The van der Waals surface area contributed by atoms with Crippen molar-refractivity contribution < 1.29 is 4.79 Å². The molecule has 0 aliphatic carbocycles. The Balaban J connectivity index is 1.90. The molecule has 1 amide bonds. The number of amides is 1. The van der Waals surface area contributed by atoms with E-state index in [0.717, 1.165) is 12.8 Å². The summed E-state index contributed by atoms with van der Waals surface area (Å²) in [6, 6.07) is 3.91. The molecule has 0 bridgehead atoms. The predicted octanol–water partition coefficient (Wildman–Crippen LogP) is 1.23. The van der Waals surface area contributed by atoms with Gasteiger partial charge >= 0.3 is 0 Å². The van der Waals surface area contributed by atoms with Crippen LogP contribution in [0.5, 0.6) is 0 Å². The van der Waals surface area contributed by atoms with Gasteiger partial charge in [0, 0.05) is 31.6 Å². The molecule has 0 radical (unpaired) electrons. The van der Waals surface area contributed by atoms with E-state index in [1.54, 1.807) is 23.6 Å². The number of carbonyl (C=O) groups is 1. The van der Waals surface area contributed by atoms with Crippen molar-refractivity contribution in [2.75, 3.05) is 6.54 Å². The van der Waals surface area contributed by atoms with E-state index in [1.807, 2.05) is 12.1 Å². The summed E-state index contributed by atoms with van der Waals surface area (Å²) in [7, 11) is 0. The fourth-order valence-corrected chi connectivity index (χ4v) is 1.50. The lowest BCUT2D eigenvalue weighted by atomic mass is 10.2. The van der Waals surface area contributed by atoms with Crippen molar-refractivity contribution in [2.45, 2.75) is 19.3 Å². The molecule has 4 heteroatoms. The number of pyridine rings is 1. The van der Waals surface area contributed by atoms with Crippen LogP contribution in [0.4, 0.5) is 0 Å². The van der Waals surface area contributed by atoms with Crippen molar-refractivity contribution in [3.63, 3.8) is 0 Å². The number of rotatable bonds is 3.